The predicted molar refractivity (Wildman–Crippen MR) is 108 cm³/mol. The number of carbonyl (C=O) groups is 1. The van der Waals surface area contributed by atoms with E-state index in [2.05, 4.69) is 31.3 Å². The van der Waals surface area contributed by atoms with Gasteiger partial charge in [0.05, 0.1) is 19.3 Å². The van der Waals surface area contributed by atoms with Crippen molar-refractivity contribution in [3.8, 4) is 28.1 Å². The van der Waals surface area contributed by atoms with Crippen LogP contribution in [-0.2, 0) is 6.54 Å². The normalized spacial score (nSPS) is 10.8. The number of H-pyrrole nitrogens is 1. The third-order valence-electron chi connectivity index (χ3n) is 4.84. The molecule has 4 rings (SSSR count). The van der Waals surface area contributed by atoms with Gasteiger partial charge in [0, 0.05) is 22.9 Å². The van der Waals surface area contributed by atoms with E-state index < -0.39 is 5.91 Å². The fourth-order valence-corrected chi connectivity index (χ4v) is 3.40. The van der Waals surface area contributed by atoms with Crippen molar-refractivity contribution < 1.29 is 9.53 Å². The molecule has 0 radical (unpaired) electrons. The number of tetrazole rings is 1. The molecule has 0 atom stereocenters. The lowest BCUT2D eigenvalue weighted by atomic mass is 9.96. The van der Waals surface area contributed by atoms with Crippen LogP contribution in [0.15, 0.2) is 54.7 Å². The summed E-state index contributed by atoms with van der Waals surface area (Å²) in [5, 5.41) is 14.1. The Morgan fingerprint density at radius 2 is 1.93 bits per heavy atom. The Kier molecular flexibility index (Phi) is 4.82. The largest absolute Gasteiger partial charge is 0.497 e. The number of ether oxygens (including phenoxy) is 1. The molecule has 29 heavy (non-hydrogen) atoms. The van der Waals surface area contributed by atoms with Gasteiger partial charge in [0.1, 0.15) is 5.75 Å². The SMILES string of the molecule is COc1ccc(-c2ccn(Cc3nnn[nH]3)c2-c2ccc(C(N)=O)cc2C)cc1. The number of carbonyl (C=O) groups excluding carboxylic acids is 1. The second-order valence-electron chi connectivity index (χ2n) is 6.68. The van der Waals surface area contributed by atoms with E-state index in [1.54, 1.807) is 13.2 Å². The Morgan fingerprint density at radius 3 is 2.55 bits per heavy atom. The fourth-order valence-electron chi connectivity index (χ4n) is 3.40. The maximum atomic E-state index is 11.6. The average Bonchev–Trinajstić information content (AvgIpc) is 3.38. The molecule has 2 heterocycles. The summed E-state index contributed by atoms with van der Waals surface area (Å²) in [7, 11) is 1.64. The zero-order chi connectivity index (χ0) is 20.4. The van der Waals surface area contributed by atoms with Crippen LogP contribution < -0.4 is 10.5 Å². The number of hydrogen-bond acceptors (Lipinski definition) is 5. The first-order valence-electron chi connectivity index (χ1n) is 9.04. The third-order valence-corrected chi connectivity index (χ3v) is 4.84. The van der Waals surface area contributed by atoms with Gasteiger partial charge in [-0.15, -0.1) is 5.10 Å². The lowest BCUT2D eigenvalue weighted by Gasteiger charge is -2.14. The van der Waals surface area contributed by atoms with Crippen molar-refractivity contribution in [2.24, 2.45) is 5.73 Å². The van der Waals surface area contributed by atoms with Crippen molar-refractivity contribution in [1.82, 2.24) is 25.2 Å². The first kappa shape index (κ1) is 18.4. The number of hydrogen-bond donors (Lipinski definition) is 2. The lowest BCUT2D eigenvalue weighted by Crippen LogP contribution is -2.11. The minimum atomic E-state index is -0.446. The van der Waals surface area contributed by atoms with Crippen molar-refractivity contribution in [2.45, 2.75) is 13.5 Å². The number of amides is 1. The molecular weight excluding hydrogens is 368 g/mol. The summed E-state index contributed by atoms with van der Waals surface area (Å²) < 4.78 is 7.35. The molecule has 0 fully saturated rings. The lowest BCUT2D eigenvalue weighted by molar-refractivity contribution is 0.1000. The first-order chi connectivity index (χ1) is 14.1. The van der Waals surface area contributed by atoms with Crippen molar-refractivity contribution >= 4 is 5.91 Å². The highest BCUT2D eigenvalue weighted by molar-refractivity contribution is 5.94. The Balaban J connectivity index is 1.86. The van der Waals surface area contributed by atoms with E-state index in [1.807, 2.05) is 49.5 Å². The van der Waals surface area contributed by atoms with Crippen LogP contribution in [0.4, 0.5) is 0 Å². The van der Waals surface area contributed by atoms with Gasteiger partial charge in [0.15, 0.2) is 5.82 Å². The number of nitrogens with two attached hydrogens (primary N) is 1. The van der Waals surface area contributed by atoms with Crippen molar-refractivity contribution in [1.29, 1.82) is 0 Å². The van der Waals surface area contributed by atoms with Crippen LogP contribution in [0.3, 0.4) is 0 Å². The van der Waals surface area contributed by atoms with Crippen LogP contribution in [0, 0.1) is 6.92 Å². The van der Waals surface area contributed by atoms with Crippen LogP contribution in [0.25, 0.3) is 22.4 Å². The molecule has 146 valence electrons. The number of aromatic amines is 1. The monoisotopic (exact) mass is 388 g/mol. The number of benzene rings is 2. The quantitative estimate of drug-likeness (QED) is 0.527. The van der Waals surface area contributed by atoms with Gasteiger partial charge in [-0.25, -0.2) is 5.10 Å². The van der Waals surface area contributed by atoms with E-state index in [9.17, 15) is 4.79 Å². The summed E-state index contributed by atoms with van der Waals surface area (Å²) >= 11 is 0. The number of methoxy groups -OCH3 is 1. The highest BCUT2D eigenvalue weighted by atomic mass is 16.5. The zero-order valence-corrected chi connectivity index (χ0v) is 16.1. The minimum Gasteiger partial charge on any atom is -0.497 e. The molecule has 0 aliphatic carbocycles. The molecule has 0 saturated heterocycles. The summed E-state index contributed by atoms with van der Waals surface area (Å²) in [4.78, 5) is 11.6. The number of aromatic nitrogens is 5. The summed E-state index contributed by atoms with van der Waals surface area (Å²) in [5.74, 6) is 0.997. The maximum absolute atomic E-state index is 11.6. The second kappa shape index (κ2) is 7.59. The standard InChI is InChI=1S/C21H20N6O2/c1-13-11-15(21(22)28)5-8-17(13)20-18(14-3-6-16(29-2)7-4-14)9-10-27(20)12-19-23-25-26-24-19/h3-11H,12H2,1-2H3,(H2,22,28)(H,23,24,25,26). The molecule has 4 aromatic rings. The van der Waals surface area contributed by atoms with Gasteiger partial charge in [-0.2, -0.15) is 0 Å². The molecule has 2 aromatic carbocycles. The van der Waals surface area contributed by atoms with Gasteiger partial charge in [-0.1, -0.05) is 18.2 Å². The fraction of sp³-hybridized carbons (Fsp3) is 0.143. The van der Waals surface area contributed by atoms with E-state index in [-0.39, 0.29) is 0 Å². The van der Waals surface area contributed by atoms with Crippen LogP contribution in [0.1, 0.15) is 21.7 Å². The first-order valence-corrected chi connectivity index (χ1v) is 9.04. The highest BCUT2D eigenvalue weighted by Gasteiger charge is 2.17. The summed E-state index contributed by atoms with van der Waals surface area (Å²) in [6, 6.07) is 15.4. The molecule has 0 saturated carbocycles. The molecule has 2 aromatic heterocycles. The zero-order valence-electron chi connectivity index (χ0n) is 16.1. The highest BCUT2D eigenvalue weighted by Crippen LogP contribution is 2.36. The Labute approximate surface area is 167 Å². The van der Waals surface area contributed by atoms with Crippen LogP contribution in [-0.4, -0.2) is 38.2 Å². The summed E-state index contributed by atoms with van der Waals surface area (Å²) in [6.45, 7) is 2.45. The Hall–Kier alpha value is -3.94. The number of aryl methyl sites for hydroxylation is 1. The molecule has 0 aliphatic rings. The minimum absolute atomic E-state index is 0.446. The van der Waals surface area contributed by atoms with Crippen LogP contribution >= 0.6 is 0 Å². The van der Waals surface area contributed by atoms with Gasteiger partial charge in [0.2, 0.25) is 5.91 Å². The number of rotatable bonds is 6. The van der Waals surface area contributed by atoms with Crippen molar-refractivity contribution in [3.05, 3.63) is 71.7 Å². The molecule has 0 unspecified atom stereocenters. The summed E-state index contributed by atoms with van der Waals surface area (Å²) in [6.07, 6.45) is 2.00. The molecule has 0 aliphatic heterocycles. The van der Waals surface area contributed by atoms with Crippen molar-refractivity contribution in [3.63, 3.8) is 0 Å². The Morgan fingerprint density at radius 1 is 1.14 bits per heavy atom. The molecule has 1 amide bonds. The number of nitrogens with one attached hydrogen (secondary N) is 1. The number of nitrogens with zero attached hydrogens (tertiary/aromatic N) is 4. The maximum Gasteiger partial charge on any atom is 0.248 e. The summed E-state index contributed by atoms with van der Waals surface area (Å²) in [5.41, 5.74) is 11.0. The van der Waals surface area contributed by atoms with E-state index in [4.69, 9.17) is 10.5 Å². The number of primary amides is 1. The second-order valence-corrected chi connectivity index (χ2v) is 6.68. The van der Waals surface area contributed by atoms with E-state index in [0.29, 0.717) is 17.9 Å². The molecule has 0 spiro atoms. The molecule has 8 nitrogen and oxygen atoms in total. The van der Waals surface area contributed by atoms with Gasteiger partial charge in [0.25, 0.3) is 0 Å². The van der Waals surface area contributed by atoms with Crippen LogP contribution in [0.5, 0.6) is 5.75 Å². The molecule has 3 N–H and O–H groups in total. The molecule has 8 heteroatoms. The van der Waals surface area contributed by atoms with Gasteiger partial charge in [-0.3, -0.25) is 4.79 Å². The van der Waals surface area contributed by atoms with Crippen molar-refractivity contribution in [2.75, 3.05) is 7.11 Å². The molecular formula is C21H20N6O2. The Bertz CT molecular complexity index is 1150. The van der Waals surface area contributed by atoms with Crippen LogP contribution in [0.2, 0.25) is 0 Å². The smallest absolute Gasteiger partial charge is 0.248 e. The van der Waals surface area contributed by atoms with Gasteiger partial charge < -0.3 is 15.0 Å². The van der Waals surface area contributed by atoms with E-state index in [1.165, 1.54) is 0 Å². The van der Waals surface area contributed by atoms with Gasteiger partial charge >= 0.3 is 0 Å². The van der Waals surface area contributed by atoms with Gasteiger partial charge in [-0.05, 0) is 58.8 Å². The topological polar surface area (TPSA) is 112 Å². The van der Waals surface area contributed by atoms with E-state index in [0.717, 1.165) is 33.7 Å². The predicted octanol–water partition coefficient (Wildman–Crippen LogP) is 2.80. The van der Waals surface area contributed by atoms with E-state index >= 15 is 0 Å². The third kappa shape index (κ3) is 3.60. The molecule has 0 bridgehead atoms. The average molecular weight is 388 g/mol.